The third kappa shape index (κ3) is 5.50. The minimum absolute atomic E-state index is 0.179. The molecule has 1 atom stereocenters. The fraction of sp³-hybridized carbons (Fsp3) is 0.500. The largest absolute Gasteiger partial charge is 0.497 e. The third-order valence-corrected chi connectivity index (χ3v) is 7.22. The Morgan fingerprint density at radius 3 is 2.65 bits per heavy atom. The second-order valence-electron chi connectivity index (χ2n) is 9.21. The van der Waals surface area contributed by atoms with E-state index in [1.165, 1.54) is 7.11 Å². The summed E-state index contributed by atoms with van der Waals surface area (Å²) >= 11 is 0. The zero-order valence-electron chi connectivity index (χ0n) is 20.0. The molecular formula is C26H34N4O4. The molecule has 8 heteroatoms. The lowest BCUT2D eigenvalue weighted by Gasteiger charge is -2.38. The van der Waals surface area contributed by atoms with Crippen molar-refractivity contribution in [3.05, 3.63) is 59.9 Å². The van der Waals surface area contributed by atoms with E-state index in [2.05, 4.69) is 15.2 Å². The number of ether oxygens (including phenoxy) is 2. The maximum absolute atomic E-state index is 13.3. The Labute approximate surface area is 201 Å². The molecule has 2 amide bonds. The van der Waals surface area contributed by atoms with E-state index < -0.39 is 6.09 Å². The van der Waals surface area contributed by atoms with Crippen LogP contribution < -0.4 is 10.1 Å². The Kier molecular flexibility index (Phi) is 7.67. The number of piperidine rings is 1. The first-order chi connectivity index (χ1) is 16.5. The Morgan fingerprint density at radius 2 is 1.94 bits per heavy atom. The average molecular weight is 467 g/mol. The van der Waals surface area contributed by atoms with Crippen molar-refractivity contribution in [3.63, 3.8) is 0 Å². The van der Waals surface area contributed by atoms with Gasteiger partial charge in [0, 0.05) is 32.0 Å². The van der Waals surface area contributed by atoms with Crippen LogP contribution in [0.25, 0.3) is 0 Å². The minimum atomic E-state index is -0.448. The van der Waals surface area contributed by atoms with Crippen molar-refractivity contribution in [2.45, 2.75) is 38.3 Å². The van der Waals surface area contributed by atoms with Crippen molar-refractivity contribution >= 4 is 12.0 Å². The number of carbonyl (C=O) groups excluding carboxylic acids is 2. The predicted octanol–water partition coefficient (Wildman–Crippen LogP) is 3.39. The topological polar surface area (TPSA) is 84.0 Å². The van der Waals surface area contributed by atoms with Crippen molar-refractivity contribution < 1.29 is 19.1 Å². The summed E-state index contributed by atoms with van der Waals surface area (Å²) in [6.45, 7) is 4.05. The highest BCUT2D eigenvalue weighted by Gasteiger charge is 2.47. The Balaban J connectivity index is 1.32. The fourth-order valence-corrected chi connectivity index (χ4v) is 5.12. The summed E-state index contributed by atoms with van der Waals surface area (Å²) in [7, 11) is 3.01. The number of hydrogen-bond acceptors (Lipinski definition) is 6. The average Bonchev–Trinajstić information content (AvgIpc) is 3.17. The monoisotopic (exact) mass is 466 g/mol. The molecule has 4 rings (SSSR count). The van der Waals surface area contributed by atoms with Gasteiger partial charge in [-0.2, -0.15) is 0 Å². The number of likely N-dealkylation sites (tertiary alicyclic amines) is 2. The maximum atomic E-state index is 13.3. The highest BCUT2D eigenvalue weighted by molar-refractivity contribution is 5.85. The molecular weight excluding hydrogens is 432 g/mol. The van der Waals surface area contributed by atoms with Crippen LogP contribution in [0.2, 0.25) is 0 Å². The van der Waals surface area contributed by atoms with Gasteiger partial charge in [0.15, 0.2) is 0 Å². The lowest BCUT2D eigenvalue weighted by molar-refractivity contribution is -0.138. The first-order valence-corrected chi connectivity index (χ1v) is 11.9. The summed E-state index contributed by atoms with van der Waals surface area (Å²) in [5.41, 5.74) is 1.83. The molecule has 3 heterocycles. The van der Waals surface area contributed by atoms with Crippen LogP contribution in [-0.2, 0) is 16.1 Å². The van der Waals surface area contributed by atoms with Gasteiger partial charge in [-0.15, -0.1) is 0 Å². The molecule has 182 valence electrons. The van der Waals surface area contributed by atoms with Crippen LogP contribution in [0.5, 0.6) is 5.75 Å². The molecule has 2 aliphatic heterocycles. The normalized spacial score (nSPS) is 18.6. The molecule has 1 aromatic heterocycles. The fourth-order valence-electron chi connectivity index (χ4n) is 5.12. The highest BCUT2D eigenvalue weighted by Crippen LogP contribution is 2.42. The smallest absolute Gasteiger partial charge is 0.407 e. The number of rotatable bonds is 8. The molecule has 2 fully saturated rings. The second kappa shape index (κ2) is 10.9. The number of nitrogens with one attached hydrogen (secondary N) is 1. The minimum Gasteiger partial charge on any atom is -0.497 e. The maximum Gasteiger partial charge on any atom is 0.407 e. The van der Waals surface area contributed by atoms with E-state index in [9.17, 15) is 9.59 Å². The molecule has 1 N–H and O–H groups in total. The third-order valence-electron chi connectivity index (χ3n) is 7.22. The van der Waals surface area contributed by atoms with Crippen molar-refractivity contribution in [1.82, 2.24) is 20.1 Å². The van der Waals surface area contributed by atoms with E-state index in [1.807, 2.05) is 47.5 Å². The van der Waals surface area contributed by atoms with Gasteiger partial charge < -0.3 is 24.6 Å². The second-order valence-corrected chi connectivity index (χ2v) is 9.21. The van der Waals surface area contributed by atoms with Crippen LogP contribution in [0.1, 0.15) is 42.9 Å². The molecule has 1 unspecified atom stereocenters. The SMILES string of the molecule is COC(=O)NC(CCN1CCC2(CC1)CCN(Cc1cccnc1)C2=O)c1cccc(OC)c1. The van der Waals surface area contributed by atoms with Gasteiger partial charge >= 0.3 is 6.09 Å². The summed E-state index contributed by atoms with van der Waals surface area (Å²) in [5.74, 6) is 1.04. The van der Waals surface area contributed by atoms with Gasteiger partial charge in [0.2, 0.25) is 5.91 Å². The zero-order chi connectivity index (χ0) is 24.0. The summed E-state index contributed by atoms with van der Waals surface area (Å²) in [5, 5.41) is 2.95. The molecule has 2 aromatic rings. The van der Waals surface area contributed by atoms with Gasteiger partial charge in [-0.1, -0.05) is 18.2 Å². The number of benzene rings is 1. The first kappa shape index (κ1) is 24.0. The van der Waals surface area contributed by atoms with Crippen LogP contribution in [0.4, 0.5) is 4.79 Å². The van der Waals surface area contributed by atoms with Crippen molar-refractivity contribution in [2.75, 3.05) is 40.4 Å². The molecule has 0 radical (unpaired) electrons. The number of amides is 2. The summed E-state index contributed by atoms with van der Waals surface area (Å²) in [6, 6.07) is 11.5. The highest BCUT2D eigenvalue weighted by atomic mass is 16.5. The van der Waals surface area contributed by atoms with E-state index in [0.29, 0.717) is 6.54 Å². The Hall–Kier alpha value is -3.13. The van der Waals surface area contributed by atoms with Crippen molar-refractivity contribution in [3.8, 4) is 5.75 Å². The molecule has 0 saturated carbocycles. The Bertz CT molecular complexity index is 976. The van der Waals surface area contributed by atoms with E-state index in [4.69, 9.17) is 9.47 Å². The number of alkyl carbamates (subject to hydrolysis) is 1. The quantitative estimate of drug-likeness (QED) is 0.642. The zero-order valence-corrected chi connectivity index (χ0v) is 20.0. The van der Waals surface area contributed by atoms with Crippen LogP contribution >= 0.6 is 0 Å². The van der Waals surface area contributed by atoms with Crippen LogP contribution in [-0.4, -0.2) is 67.2 Å². The molecule has 0 aliphatic carbocycles. The van der Waals surface area contributed by atoms with Crippen LogP contribution in [0, 0.1) is 5.41 Å². The van der Waals surface area contributed by atoms with E-state index in [0.717, 1.165) is 68.7 Å². The van der Waals surface area contributed by atoms with E-state index in [-0.39, 0.29) is 17.4 Å². The van der Waals surface area contributed by atoms with Gasteiger partial charge in [-0.3, -0.25) is 9.78 Å². The van der Waals surface area contributed by atoms with Gasteiger partial charge in [0.1, 0.15) is 5.75 Å². The number of methoxy groups -OCH3 is 2. The number of nitrogens with zero attached hydrogens (tertiary/aromatic N) is 3. The van der Waals surface area contributed by atoms with Crippen molar-refractivity contribution in [2.24, 2.45) is 5.41 Å². The molecule has 1 aromatic carbocycles. The summed E-state index contributed by atoms with van der Waals surface area (Å²) in [4.78, 5) is 33.8. The van der Waals surface area contributed by atoms with E-state index >= 15 is 0 Å². The standard InChI is InChI=1S/C26H34N4O4/c1-33-22-7-3-6-21(17-22)23(28-25(32)34-2)8-13-29-14-9-26(10-15-29)11-16-30(24(26)31)19-20-5-4-12-27-18-20/h3-7,12,17-18,23H,8-11,13-16,19H2,1-2H3,(H,28,32). The lowest BCUT2D eigenvalue weighted by Crippen LogP contribution is -2.45. The van der Waals surface area contributed by atoms with Crippen LogP contribution in [0.3, 0.4) is 0 Å². The molecule has 2 saturated heterocycles. The summed E-state index contributed by atoms with van der Waals surface area (Å²) in [6.07, 6.45) is 6.57. The molecule has 34 heavy (non-hydrogen) atoms. The van der Waals surface area contributed by atoms with E-state index in [1.54, 1.807) is 13.3 Å². The van der Waals surface area contributed by atoms with Gasteiger partial charge in [0.25, 0.3) is 0 Å². The first-order valence-electron chi connectivity index (χ1n) is 11.9. The lowest BCUT2D eigenvalue weighted by atomic mass is 9.77. The number of carbonyl (C=O) groups is 2. The van der Waals surface area contributed by atoms with Gasteiger partial charge in [-0.25, -0.2) is 4.79 Å². The molecule has 8 nitrogen and oxygen atoms in total. The number of hydrogen-bond donors (Lipinski definition) is 1. The Morgan fingerprint density at radius 1 is 1.15 bits per heavy atom. The molecule has 2 aliphatic rings. The number of pyridine rings is 1. The van der Waals surface area contributed by atoms with Gasteiger partial charge in [0.05, 0.1) is 25.7 Å². The summed E-state index contributed by atoms with van der Waals surface area (Å²) < 4.78 is 10.2. The van der Waals surface area contributed by atoms with Gasteiger partial charge in [-0.05, 0) is 68.1 Å². The van der Waals surface area contributed by atoms with Crippen LogP contribution in [0.15, 0.2) is 48.8 Å². The molecule has 0 bridgehead atoms. The van der Waals surface area contributed by atoms with Crippen molar-refractivity contribution in [1.29, 1.82) is 0 Å². The molecule has 1 spiro atoms. The predicted molar refractivity (Wildman–Crippen MR) is 128 cm³/mol. The number of aromatic nitrogens is 1.